The van der Waals surface area contributed by atoms with Gasteiger partial charge < -0.3 is 5.11 Å². The van der Waals surface area contributed by atoms with Crippen molar-refractivity contribution < 1.29 is 9.90 Å². The molecule has 0 amide bonds. The molecular weight excluding hydrogens is 128 g/mol. The highest BCUT2D eigenvalue weighted by molar-refractivity contribution is 6.09. The van der Waals surface area contributed by atoms with E-state index < -0.39 is 5.92 Å². The minimum Gasteiger partial charge on any atom is -0.874 e. The van der Waals surface area contributed by atoms with Crippen LogP contribution in [0.3, 0.4) is 0 Å². The quantitative estimate of drug-likeness (QED) is 0.506. The second kappa shape index (κ2) is 2.14. The van der Waals surface area contributed by atoms with Crippen LogP contribution in [0.2, 0.25) is 0 Å². The number of hydrogen-bond acceptors (Lipinski definition) is 2. The van der Waals surface area contributed by atoms with E-state index in [0.717, 1.165) is 0 Å². The first-order chi connectivity index (χ1) is 4.72. The van der Waals surface area contributed by atoms with Gasteiger partial charge in [0.2, 0.25) is 0 Å². The lowest BCUT2D eigenvalue weighted by Gasteiger charge is -2.32. The molecule has 52 valence electrons. The highest BCUT2D eigenvalue weighted by atomic mass is 16.3. The molecule has 1 rings (SSSR count). The molecule has 1 atom stereocenters. The van der Waals surface area contributed by atoms with E-state index in [1.165, 1.54) is 12.2 Å². The molecule has 0 saturated carbocycles. The largest absolute Gasteiger partial charge is 0.874 e. The number of allylic oxidation sites excluding steroid dienone is 3. The van der Waals surface area contributed by atoms with Gasteiger partial charge >= 0.3 is 0 Å². The fourth-order valence-corrected chi connectivity index (χ4v) is 0.913. The fraction of sp³-hybridized carbons (Fsp3) is 0.125. The summed E-state index contributed by atoms with van der Waals surface area (Å²) in [5.41, 5.74) is 0.213. The summed E-state index contributed by atoms with van der Waals surface area (Å²) in [5.74, 6) is -0.905. The second-order valence-electron chi connectivity index (χ2n) is 2.06. The van der Waals surface area contributed by atoms with Crippen molar-refractivity contribution in [2.45, 2.75) is 0 Å². The summed E-state index contributed by atoms with van der Waals surface area (Å²) in [7, 11) is 0. The summed E-state index contributed by atoms with van der Waals surface area (Å²) < 4.78 is 0. The van der Waals surface area contributed by atoms with Crippen LogP contribution in [0.5, 0.6) is 0 Å². The Morgan fingerprint density at radius 3 is 2.40 bits per heavy atom. The molecule has 2 heteroatoms. The molecule has 0 aromatic rings. The Bertz CT molecular complexity index is 236. The van der Waals surface area contributed by atoms with Crippen LogP contribution in [-0.4, -0.2) is 5.78 Å². The first-order valence-corrected chi connectivity index (χ1v) is 2.92. The van der Waals surface area contributed by atoms with Crippen molar-refractivity contribution in [3.8, 4) is 0 Å². The molecule has 0 bridgehead atoms. The molecule has 2 nitrogen and oxygen atoms in total. The zero-order valence-electron chi connectivity index (χ0n) is 5.46. The SMILES string of the molecule is C=CC1=C([O-])C(C=C)C1=O. The third-order valence-corrected chi connectivity index (χ3v) is 1.54. The minimum absolute atomic E-state index is 0.157. The maximum absolute atomic E-state index is 10.8. The average molecular weight is 135 g/mol. The molecule has 1 aliphatic rings. The van der Waals surface area contributed by atoms with E-state index in [0.29, 0.717) is 0 Å². The Balaban J connectivity index is 2.97. The molecule has 0 aromatic carbocycles. The zero-order valence-corrected chi connectivity index (χ0v) is 5.46. The van der Waals surface area contributed by atoms with Crippen LogP contribution >= 0.6 is 0 Å². The van der Waals surface area contributed by atoms with Crippen molar-refractivity contribution in [1.82, 2.24) is 0 Å². The Morgan fingerprint density at radius 2 is 2.10 bits per heavy atom. The van der Waals surface area contributed by atoms with Crippen molar-refractivity contribution >= 4 is 5.78 Å². The van der Waals surface area contributed by atoms with Gasteiger partial charge in [-0.25, -0.2) is 0 Å². The molecule has 0 saturated heterocycles. The molecule has 1 unspecified atom stereocenters. The number of rotatable bonds is 2. The number of carbonyl (C=O) groups excluding carboxylic acids is 1. The van der Waals surface area contributed by atoms with Gasteiger partial charge in [-0.2, -0.15) is 0 Å². The summed E-state index contributed by atoms with van der Waals surface area (Å²) in [6, 6.07) is 0. The minimum atomic E-state index is -0.590. The monoisotopic (exact) mass is 135 g/mol. The van der Waals surface area contributed by atoms with Gasteiger partial charge in [0.1, 0.15) is 0 Å². The Hall–Kier alpha value is -1.31. The standard InChI is InChI=1S/C8H8O2/c1-3-5-7(9)6(4-2)8(5)10/h3-5,9H,1-2H2/p-1. The maximum atomic E-state index is 10.8. The third-order valence-electron chi connectivity index (χ3n) is 1.54. The smallest absolute Gasteiger partial charge is 0.171 e. The lowest BCUT2D eigenvalue weighted by atomic mass is 9.82. The van der Waals surface area contributed by atoms with Crippen molar-refractivity contribution in [3.05, 3.63) is 36.6 Å². The molecule has 0 heterocycles. The van der Waals surface area contributed by atoms with E-state index in [4.69, 9.17) is 0 Å². The highest BCUT2D eigenvalue weighted by Crippen LogP contribution is 2.27. The molecular formula is C8H7O2-. The summed E-state index contributed by atoms with van der Waals surface area (Å²) in [6.07, 6.45) is 2.66. The lowest BCUT2D eigenvalue weighted by Crippen LogP contribution is -2.35. The van der Waals surface area contributed by atoms with Gasteiger partial charge in [-0.05, 0) is 0 Å². The number of ketones is 1. The van der Waals surface area contributed by atoms with E-state index in [9.17, 15) is 9.90 Å². The predicted molar refractivity (Wildman–Crippen MR) is 35.9 cm³/mol. The Labute approximate surface area is 59.2 Å². The van der Waals surface area contributed by atoms with Gasteiger partial charge in [-0.1, -0.05) is 18.7 Å². The van der Waals surface area contributed by atoms with Crippen LogP contribution < -0.4 is 5.11 Å². The molecule has 0 fully saturated rings. The van der Waals surface area contributed by atoms with Gasteiger partial charge in [-0.15, -0.1) is 12.3 Å². The first kappa shape index (κ1) is 6.81. The molecule has 1 aliphatic carbocycles. The van der Waals surface area contributed by atoms with E-state index in [-0.39, 0.29) is 17.1 Å². The molecule has 10 heavy (non-hydrogen) atoms. The molecule has 0 spiro atoms. The molecule has 0 N–H and O–H groups in total. The number of hydrogen-bond donors (Lipinski definition) is 0. The van der Waals surface area contributed by atoms with Crippen LogP contribution in [0.4, 0.5) is 0 Å². The van der Waals surface area contributed by atoms with E-state index in [1.807, 2.05) is 0 Å². The van der Waals surface area contributed by atoms with Gasteiger partial charge in [0.25, 0.3) is 0 Å². The zero-order chi connectivity index (χ0) is 7.72. The van der Waals surface area contributed by atoms with E-state index >= 15 is 0 Å². The van der Waals surface area contributed by atoms with Crippen LogP contribution in [0.1, 0.15) is 0 Å². The summed E-state index contributed by atoms with van der Waals surface area (Å²) >= 11 is 0. The van der Waals surface area contributed by atoms with Crippen molar-refractivity contribution in [2.24, 2.45) is 5.92 Å². The molecule has 0 aromatic heterocycles. The van der Waals surface area contributed by atoms with Gasteiger partial charge in [0.15, 0.2) is 5.78 Å². The third kappa shape index (κ3) is 0.620. The maximum Gasteiger partial charge on any atom is 0.171 e. The van der Waals surface area contributed by atoms with Gasteiger partial charge in [-0.3, -0.25) is 4.79 Å². The van der Waals surface area contributed by atoms with Gasteiger partial charge in [0, 0.05) is 5.57 Å². The van der Waals surface area contributed by atoms with E-state index in [1.54, 1.807) is 0 Å². The fourth-order valence-electron chi connectivity index (χ4n) is 0.913. The molecule has 0 aliphatic heterocycles. The lowest BCUT2D eigenvalue weighted by molar-refractivity contribution is -0.315. The first-order valence-electron chi connectivity index (χ1n) is 2.92. The van der Waals surface area contributed by atoms with Crippen LogP contribution in [0, 0.1) is 5.92 Å². The normalized spacial score (nSPS) is 24.0. The van der Waals surface area contributed by atoms with Crippen molar-refractivity contribution in [1.29, 1.82) is 0 Å². The van der Waals surface area contributed by atoms with Crippen molar-refractivity contribution in [2.75, 3.05) is 0 Å². The summed E-state index contributed by atoms with van der Waals surface area (Å²) in [4.78, 5) is 10.8. The average Bonchev–Trinajstić information content (AvgIpc) is 1.90. The second-order valence-corrected chi connectivity index (χ2v) is 2.06. The number of carbonyl (C=O) groups is 1. The Kier molecular flexibility index (Phi) is 1.45. The summed E-state index contributed by atoms with van der Waals surface area (Å²) in [6.45, 7) is 6.70. The van der Waals surface area contributed by atoms with E-state index in [2.05, 4.69) is 13.2 Å². The van der Waals surface area contributed by atoms with Crippen molar-refractivity contribution in [3.63, 3.8) is 0 Å². The summed E-state index contributed by atoms with van der Waals surface area (Å²) in [5, 5.41) is 10.8. The highest BCUT2D eigenvalue weighted by Gasteiger charge is 2.27. The van der Waals surface area contributed by atoms with Crippen LogP contribution in [0.25, 0.3) is 0 Å². The molecule has 0 radical (unpaired) electrons. The Morgan fingerprint density at radius 1 is 1.50 bits per heavy atom. The number of Topliss-reactive ketones (excluding diaryl/α,β-unsaturated/α-hetero) is 1. The predicted octanol–water partition coefficient (Wildman–Crippen LogP) is 0.172. The van der Waals surface area contributed by atoms with Crippen LogP contribution in [0.15, 0.2) is 36.6 Å². The van der Waals surface area contributed by atoms with Gasteiger partial charge in [0.05, 0.1) is 5.92 Å². The van der Waals surface area contributed by atoms with Crippen LogP contribution in [-0.2, 0) is 4.79 Å². The topological polar surface area (TPSA) is 40.1 Å².